The molecule has 118 valence electrons. The van der Waals surface area contributed by atoms with Crippen LogP contribution < -0.4 is 5.32 Å². The Morgan fingerprint density at radius 1 is 1.29 bits per heavy atom. The van der Waals surface area contributed by atoms with Crippen LogP contribution in [-0.2, 0) is 11.3 Å². The summed E-state index contributed by atoms with van der Waals surface area (Å²) < 4.78 is 10.6. The first-order valence-electron chi connectivity index (χ1n) is 8.06. The van der Waals surface area contributed by atoms with E-state index in [2.05, 4.69) is 27.3 Å². The average Bonchev–Trinajstić information content (AvgIpc) is 3.15. The Balaban J connectivity index is 1.65. The average molecular weight is 294 g/mol. The minimum Gasteiger partial charge on any atom is -0.379 e. The molecule has 1 saturated carbocycles. The van der Waals surface area contributed by atoms with E-state index in [4.69, 9.17) is 9.26 Å². The van der Waals surface area contributed by atoms with Gasteiger partial charge in [0.05, 0.1) is 19.8 Å². The molecule has 1 aromatic heterocycles. The molecule has 0 unspecified atom stereocenters. The number of nitrogens with one attached hydrogen (secondary N) is 1. The van der Waals surface area contributed by atoms with Crippen molar-refractivity contribution < 1.29 is 9.26 Å². The van der Waals surface area contributed by atoms with Crippen molar-refractivity contribution in [1.82, 2.24) is 20.4 Å². The van der Waals surface area contributed by atoms with Gasteiger partial charge in [-0.05, 0) is 19.8 Å². The van der Waals surface area contributed by atoms with Crippen LogP contribution in [0.25, 0.3) is 0 Å². The molecule has 2 fully saturated rings. The molecule has 0 spiro atoms. The minimum absolute atomic E-state index is 0.266. The molecule has 0 bridgehead atoms. The topological polar surface area (TPSA) is 63.4 Å². The van der Waals surface area contributed by atoms with Crippen LogP contribution in [0.3, 0.4) is 0 Å². The lowest BCUT2D eigenvalue weighted by Crippen LogP contribution is -2.61. The molecule has 1 N–H and O–H groups in total. The van der Waals surface area contributed by atoms with E-state index >= 15 is 0 Å². The Bertz CT molecular complexity index is 450. The molecule has 2 heterocycles. The van der Waals surface area contributed by atoms with Gasteiger partial charge in [-0.1, -0.05) is 18.0 Å². The fraction of sp³-hybridized carbons (Fsp3) is 0.867. The zero-order valence-electron chi connectivity index (χ0n) is 13.1. The fourth-order valence-corrected chi connectivity index (χ4v) is 3.87. The number of ether oxygens (including phenoxy) is 1. The first-order chi connectivity index (χ1) is 10.2. The Labute approximate surface area is 126 Å². The predicted octanol–water partition coefficient (Wildman–Crippen LogP) is 1.50. The molecular weight excluding hydrogens is 268 g/mol. The molecule has 0 amide bonds. The van der Waals surface area contributed by atoms with Gasteiger partial charge in [0.1, 0.15) is 0 Å². The largest absolute Gasteiger partial charge is 0.379 e. The molecule has 1 aliphatic carbocycles. The maximum absolute atomic E-state index is 5.52. The number of aryl methyl sites for hydroxylation is 1. The number of hydrogen-bond acceptors (Lipinski definition) is 6. The van der Waals surface area contributed by atoms with E-state index in [1.165, 1.54) is 25.7 Å². The minimum atomic E-state index is 0.266. The second kappa shape index (κ2) is 6.42. The third-order valence-corrected chi connectivity index (χ3v) is 5.05. The summed E-state index contributed by atoms with van der Waals surface area (Å²) in [6, 6.07) is 0.414. The highest BCUT2D eigenvalue weighted by atomic mass is 16.5. The second-order valence-electron chi connectivity index (χ2n) is 6.24. The molecule has 21 heavy (non-hydrogen) atoms. The van der Waals surface area contributed by atoms with Crippen molar-refractivity contribution in [2.24, 2.45) is 0 Å². The van der Waals surface area contributed by atoms with Crippen molar-refractivity contribution in [3.8, 4) is 0 Å². The van der Waals surface area contributed by atoms with Crippen LogP contribution in [-0.4, -0.2) is 52.9 Å². The predicted molar refractivity (Wildman–Crippen MR) is 78.9 cm³/mol. The summed E-state index contributed by atoms with van der Waals surface area (Å²) >= 11 is 0. The van der Waals surface area contributed by atoms with Crippen LogP contribution in [0.2, 0.25) is 0 Å². The van der Waals surface area contributed by atoms with Gasteiger partial charge in [0.25, 0.3) is 0 Å². The van der Waals surface area contributed by atoms with Crippen LogP contribution in [0, 0.1) is 6.92 Å². The van der Waals surface area contributed by atoms with Gasteiger partial charge in [-0.15, -0.1) is 0 Å². The molecule has 2 aliphatic rings. The summed E-state index contributed by atoms with van der Waals surface area (Å²) in [6.07, 6.45) is 5.19. The Kier molecular flexibility index (Phi) is 4.57. The van der Waals surface area contributed by atoms with Gasteiger partial charge in [-0.25, -0.2) is 0 Å². The molecule has 0 radical (unpaired) electrons. The van der Waals surface area contributed by atoms with Crippen LogP contribution in [0.15, 0.2) is 4.52 Å². The third-order valence-electron chi connectivity index (χ3n) is 5.05. The summed E-state index contributed by atoms with van der Waals surface area (Å²) in [5, 5.41) is 7.59. The smallest absolute Gasteiger partial charge is 0.223 e. The highest BCUT2D eigenvalue weighted by Crippen LogP contribution is 2.38. The molecular formula is C15H26N4O2. The second-order valence-corrected chi connectivity index (χ2v) is 6.24. The molecule has 6 nitrogen and oxygen atoms in total. The molecule has 1 atom stereocenters. The maximum Gasteiger partial charge on any atom is 0.223 e. The molecule has 1 aromatic rings. The van der Waals surface area contributed by atoms with E-state index in [-0.39, 0.29) is 5.54 Å². The quantitative estimate of drug-likeness (QED) is 0.888. The highest BCUT2D eigenvalue weighted by Gasteiger charge is 2.44. The van der Waals surface area contributed by atoms with Crippen LogP contribution >= 0.6 is 0 Å². The van der Waals surface area contributed by atoms with Gasteiger partial charge >= 0.3 is 0 Å². The van der Waals surface area contributed by atoms with Gasteiger partial charge in [0.15, 0.2) is 5.82 Å². The number of nitrogens with zero attached hydrogens (tertiary/aromatic N) is 3. The molecule has 6 heteroatoms. The first kappa shape index (κ1) is 14.9. The molecule has 3 rings (SSSR count). The summed E-state index contributed by atoms with van der Waals surface area (Å²) in [6.45, 7) is 8.61. The SMILES string of the molecule is Cc1nc(CN[C@@H](C)C2(N3CCOCC3)CCCC2)no1. The summed E-state index contributed by atoms with van der Waals surface area (Å²) in [4.78, 5) is 6.91. The van der Waals surface area contributed by atoms with E-state index < -0.39 is 0 Å². The van der Waals surface area contributed by atoms with Crippen molar-refractivity contribution in [1.29, 1.82) is 0 Å². The van der Waals surface area contributed by atoms with Crippen molar-refractivity contribution in [2.45, 2.75) is 57.7 Å². The van der Waals surface area contributed by atoms with E-state index in [0.29, 0.717) is 18.5 Å². The number of hydrogen-bond donors (Lipinski definition) is 1. The van der Waals surface area contributed by atoms with Gasteiger partial charge in [0.2, 0.25) is 5.89 Å². The maximum atomic E-state index is 5.52. The van der Waals surface area contributed by atoms with Crippen LogP contribution in [0.4, 0.5) is 0 Å². The fourth-order valence-electron chi connectivity index (χ4n) is 3.87. The lowest BCUT2D eigenvalue weighted by Gasteiger charge is -2.47. The number of aromatic nitrogens is 2. The van der Waals surface area contributed by atoms with E-state index in [1.807, 2.05) is 6.92 Å². The lowest BCUT2D eigenvalue weighted by atomic mass is 9.86. The van der Waals surface area contributed by atoms with Gasteiger partial charge in [-0.2, -0.15) is 4.98 Å². The molecule has 1 aliphatic heterocycles. The highest BCUT2D eigenvalue weighted by molar-refractivity contribution is 5.03. The van der Waals surface area contributed by atoms with Gasteiger partial charge in [0, 0.05) is 31.6 Å². The zero-order valence-corrected chi connectivity index (χ0v) is 13.1. The normalized spacial score (nSPS) is 24.3. The van der Waals surface area contributed by atoms with Crippen molar-refractivity contribution in [3.05, 3.63) is 11.7 Å². The Hall–Kier alpha value is -0.980. The molecule has 0 aromatic carbocycles. The summed E-state index contributed by atoms with van der Waals surface area (Å²) in [5.74, 6) is 1.37. The summed E-state index contributed by atoms with van der Waals surface area (Å²) in [5.41, 5.74) is 0.266. The lowest BCUT2D eigenvalue weighted by molar-refractivity contribution is -0.0335. The van der Waals surface area contributed by atoms with Crippen molar-refractivity contribution in [3.63, 3.8) is 0 Å². The van der Waals surface area contributed by atoms with E-state index in [0.717, 1.165) is 32.1 Å². The van der Waals surface area contributed by atoms with Gasteiger partial charge in [-0.3, -0.25) is 4.90 Å². The van der Waals surface area contributed by atoms with Crippen LogP contribution in [0.1, 0.15) is 44.3 Å². The van der Waals surface area contributed by atoms with E-state index in [1.54, 1.807) is 0 Å². The monoisotopic (exact) mass is 294 g/mol. The summed E-state index contributed by atoms with van der Waals surface area (Å²) in [7, 11) is 0. The van der Waals surface area contributed by atoms with Crippen molar-refractivity contribution in [2.75, 3.05) is 26.3 Å². The third kappa shape index (κ3) is 3.12. The van der Waals surface area contributed by atoms with Crippen LogP contribution in [0.5, 0.6) is 0 Å². The first-order valence-corrected chi connectivity index (χ1v) is 8.06. The van der Waals surface area contributed by atoms with Gasteiger partial charge < -0.3 is 14.6 Å². The zero-order chi connectivity index (χ0) is 14.7. The van der Waals surface area contributed by atoms with E-state index in [9.17, 15) is 0 Å². The Morgan fingerprint density at radius 3 is 2.62 bits per heavy atom. The number of rotatable bonds is 5. The Morgan fingerprint density at radius 2 is 2.00 bits per heavy atom. The molecule has 1 saturated heterocycles. The standard InChI is InChI=1S/C15H26N4O2/c1-12(16-11-14-17-13(2)21-18-14)15(5-3-4-6-15)19-7-9-20-10-8-19/h12,16H,3-11H2,1-2H3/t12-/m0/s1. The van der Waals surface area contributed by atoms with Crippen molar-refractivity contribution >= 4 is 0 Å². The number of morpholine rings is 1.